The standard InChI is InChI=1S/C23H16N4O2/c28-22(15-9-5-2-6-10-15)25-16-11-17-20-18(13-24-27-23(17)29)21(26-19(20)12-16)14-7-3-1-4-8-14/h1-13,26H,(H,25,28)(H,27,29). The normalized spacial score (nSPS) is 12.5. The van der Waals surface area contributed by atoms with E-state index in [4.69, 9.17) is 0 Å². The number of hydrazone groups is 1. The fourth-order valence-electron chi connectivity index (χ4n) is 3.58. The van der Waals surface area contributed by atoms with E-state index in [1.54, 1.807) is 36.5 Å². The minimum absolute atomic E-state index is 0.238. The number of H-pyrrole nitrogens is 1. The zero-order valence-electron chi connectivity index (χ0n) is 15.3. The second-order valence-corrected chi connectivity index (χ2v) is 6.75. The van der Waals surface area contributed by atoms with E-state index in [0.717, 1.165) is 27.7 Å². The number of aromatic amines is 1. The van der Waals surface area contributed by atoms with Gasteiger partial charge in [0.2, 0.25) is 0 Å². The quantitative estimate of drug-likeness (QED) is 0.498. The third kappa shape index (κ3) is 2.96. The van der Waals surface area contributed by atoms with E-state index in [-0.39, 0.29) is 11.8 Å². The third-order valence-corrected chi connectivity index (χ3v) is 4.90. The Morgan fingerprint density at radius 1 is 0.931 bits per heavy atom. The van der Waals surface area contributed by atoms with Crippen LogP contribution in [0.1, 0.15) is 26.3 Å². The Labute approximate surface area is 166 Å². The zero-order chi connectivity index (χ0) is 19.8. The van der Waals surface area contributed by atoms with Gasteiger partial charge in [0.15, 0.2) is 0 Å². The van der Waals surface area contributed by atoms with Gasteiger partial charge in [-0.1, -0.05) is 48.5 Å². The molecule has 3 aromatic carbocycles. The molecule has 0 unspecified atom stereocenters. The molecule has 4 aromatic rings. The summed E-state index contributed by atoms with van der Waals surface area (Å²) in [6, 6.07) is 22.3. The minimum atomic E-state index is -0.320. The molecule has 0 radical (unpaired) electrons. The summed E-state index contributed by atoms with van der Waals surface area (Å²) in [5.74, 6) is -0.558. The van der Waals surface area contributed by atoms with Crippen LogP contribution in [0, 0.1) is 0 Å². The van der Waals surface area contributed by atoms with Gasteiger partial charge in [0.1, 0.15) is 0 Å². The van der Waals surface area contributed by atoms with Crippen molar-refractivity contribution < 1.29 is 9.59 Å². The highest BCUT2D eigenvalue weighted by Crippen LogP contribution is 2.34. The summed E-state index contributed by atoms with van der Waals surface area (Å²) in [7, 11) is 0. The molecule has 0 saturated carbocycles. The van der Waals surface area contributed by atoms with E-state index in [0.29, 0.717) is 16.8 Å². The molecule has 1 aliphatic heterocycles. The molecule has 6 nitrogen and oxygen atoms in total. The van der Waals surface area contributed by atoms with Crippen LogP contribution < -0.4 is 10.7 Å². The van der Waals surface area contributed by atoms with Crippen molar-refractivity contribution in [3.63, 3.8) is 0 Å². The lowest BCUT2D eigenvalue weighted by Gasteiger charge is -2.08. The second kappa shape index (κ2) is 6.76. The molecule has 0 spiro atoms. The Morgan fingerprint density at radius 2 is 1.66 bits per heavy atom. The number of rotatable bonds is 3. The number of amides is 2. The van der Waals surface area contributed by atoms with Crippen LogP contribution in [-0.2, 0) is 0 Å². The van der Waals surface area contributed by atoms with E-state index >= 15 is 0 Å². The summed E-state index contributed by atoms with van der Waals surface area (Å²) in [5, 5.41) is 7.71. The van der Waals surface area contributed by atoms with Gasteiger partial charge in [-0.15, -0.1) is 0 Å². The van der Waals surface area contributed by atoms with E-state index in [1.807, 2.05) is 42.5 Å². The Kier molecular flexibility index (Phi) is 3.95. The van der Waals surface area contributed by atoms with Gasteiger partial charge in [-0.3, -0.25) is 9.59 Å². The predicted octanol–water partition coefficient (Wildman–Crippen LogP) is 4.16. The molecule has 1 aromatic heterocycles. The summed E-state index contributed by atoms with van der Waals surface area (Å²) in [6.07, 6.45) is 1.65. The van der Waals surface area contributed by atoms with Gasteiger partial charge >= 0.3 is 0 Å². The van der Waals surface area contributed by atoms with Gasteiger partial charge in [0, 0.05) is 27.7 Å². The van der Waals surface area contributed by atoms with Crippen LogP contribution in [0.15, 0.2) is 77.9 Å². The number of carbonyl (C=O) groups is 2. The Morgan fingerprint density at radius 3 is 2.41 bits per heavy atom. The van der Waals surface area contributed by atoms with Gasteiger partial charge in [0.05, 0.1) is 17.5 Å². The molecule has 29 heavy (non-hydrogen) atoms. The van der Waals surface area contributed by atoms with Gasteiger partial charge in [-0.2, -0.15) is 5.10 Å². The second-order valence-electron chi connectivity index (χ2n) is 6.75. The smallest absolute Gasteiger partial charge is 0.272 e. The van der Waals surface area contributed by atoms with Gasteiger partial charge in [0.25, 0.3) is 11.8 Å². The molecular weight excluding hydrogens is 364 g/mol. The number of benzene rings is 3. The van der Waals surface area contributed by atoms with Crippen LogP contribution in [0.4, 0.5) is 5.69 Å². The lowest BCUT2D eigenvalue weighted by molar-refractivity contribution is 0.0955. The lowest BCUT2D eigenvalue weighted by atomic mass is 10.0. The van der Waals surface area contributed by atoms with E-state index < -0.39 is 0 Å². The van der Waals surface area contributed by atoms with Crippen molar-refractivity contribution >= 4 is 34.6 Å². The molecule has 0 bridgehead atoms. The lowest BCUT2D eigenvalue weighted by Crippen LogP contribution is -2.17. The highest BCUT2D eigenvalue weighted by Gasteiger charge is 2.22. The number of aromatic nitrogens is 1. The van der Waals surface area contributed by atoms with Crippen LogP contribution >= 0.6 is 0 Å². The Bertz CT molecular complexity index is 1270. The number of hydrogen-bond donors (Lipinski definition) is 3. The summed E-state index contributed by atoms with van der Waals surface area (Å²) in [5.41, 5.74) is 7.51. The summed E-state index contributed by atoms with van der Waals surface area (Å²) < 4.78 is 0. The largest absolute Gasteiger partial charge is 0.354 e. The van der Waals surface area contributed by atoms with E-state index in [2.05, 4.69) is 20.8 Å². The average Bonchev–Trinajstić information content (AvgIpc) is 3.03. The molecule has 0 aliphatic carbocycles. The third-order valence-electron chi connectivity index (χ3n) is 4.90. The van der Waals surface area contributed by atoms with Crippen LogP contribution in [0.5, 0.6) is 0 Å². The molecule has 3 N–H and O–H groups in total. The van der Waals surface area contributed by atoms with Crippen molar-refractivity contribution in [3.8, 4) is 11.3 Å². The van der Waals surface area contributed by atoms with Crippen LogP contribution in [0.2, 0.25) is 0 Å². The van der Waals surface area contributed by atoms with Crippen LogP contribution in [0.3, 0.4) is 0 Å². The maximum atomic E-state index is 12.6. The molecule has 5 rings (SSSR count). The molecule has 0 atom stereocenters. The first-order chi connectivity index (χ1) is 14.2. The van der Waals surface area contributed by atoms with Crippen molar-refractivity contribution in [1.29, 1.82) is 0 Å². The highest BCUT2D eigenvalue weighted by atomic mass is 16.2. The number of carbonyl (C=O) groups excluding carboxylic acids is 2. The van der Waals surface area contributed by atoms with Gasteiger partial charge in [-0.05, 0) is 29.8 Å². The number of nitrogens with one attached hydrogen (secondary N) is 3. The fourth-order valence-corrected chi connectivity index (χ4v) is 3.58. The predicted molar refractivity (Wildman–Crippen MR) is 113 cm³/mol. The van der Waals surface area contributed by atoms with Crippen molar-refractivity contribution in [3.05, 3.63) is 89.5 Å². The van der Waals surface area contributed by atoms with Crippen molar-refractivity contribution in [2.24, 2.45) is 5.10 Å². The van der Waals surface area contributed by atoms with Crippen LogP contribution in [-0.4, -0.2) is 23.0 Å². The number of nitrogens with zero attached hydrogens (tertiary/aromatic N) is 1. The van der Waals surface area contributed by atoms with E-state index in [9.17, 15) is 9.59 Å². The van der Waals surface area contributed by atoms with Crippen molar-refractivity contribution in [2.75, 3.05) is 5.32 Å². The monoisotopic (exact) mass is 380 g/mol. The van der Waals surface area contributed by atoms with Crippen molar-refractivity contribution in [1.82, 2.24) is 10.4 Å². The SMILES string of the molecule is O=C(Nc1cc2c3c(c(-c4ccccc4)[nH]c3c1)C=NNC2=O)c1ccccc1. The molecule has 140 valence electrons. The molecular formula is C23H16N4O2. The van der Waals surface area contributed by atoms with Gasteiger partial charge < -0.3 is 10.3 Å². The fraction of sp³-hybridized carbons (Fsp3) is 0. The van der Waals surface area contributed by atoms with Crippen LogP contribution in [0.25, 0.3) is 22.2 Å². The molecule has 6 heteroatoms. The first kappa shape index (κ1) is 16.9. The number of hydrogen-bond acceptors (Lipinski definition) is 3. The Balaban J connectivity index is 1.65. The molecule has 2 amide bonds. The summed E-state index contributed by atoms with van der Waals surface area (Å²) in [6.45, 7) is 0. The average molecular weight is 380 g/mol. The molecule has 0 saturated heterocycles. The first-order valence-corrected chi connectivity index (χ1v) is 9.15. The molecule has 1 aliphatic rings. The van der Waals surface area contributed by atoms with Gasteiger partial charge in [-0.25, -0.2) is 5.43 Å². The Hall–Kier alpha value is -4.19. The molecule has 0 fully saturated rings. The number of anilines is 1. The maximum Gasteiger partial charge on any atom is 0.272 e. The van der Waals surface area contributed by atoms with E-state index in [1.165, 1.54) is 0 Å². The summed E-state index contributed by atoms with van der Waals surface area (Å²) in [4.78, 5) is 28.5. The zero-order valence-corrected chi connectivity index (χ0v) is 15.3. The first-order valence-electron chi connectivity index (χ1n) is 9.15. The minimum Gasteiger partial charge on any atom is -0.354 e. The highest BCUT2D eigenvalue weighted by molar-refractivity contribution is 6.18. The maximum absolute atomic E-state index is 12.6. The molecule has 2 heterocycles. The van der Waals surface area contributed by atoms with Crippen molar-refractivity contribution in [2.45, 2.75) is 0 Å². The topological polar surface area (TPSA) is 86.3 Å². The summed E-state index contributed by atoms with van der Waals surface area (Å²) >= 11 is 0.